The molecule has 0 aliphatic carbocycles. The van der Waals surface area contributed by atoms with Gasteiger partial charge in [0.1, 0.15) is 17.1 Å². The topological polar surface area (TPSA) is 72.6 Å². The Kier molecular flexibility index (Phi) is 5.74. The van der Waals surface area contributed by atoms with Gasteiger partial charge in [-0.1, -0.05) is 74.0 Å². The van der Waals surface area contributed by atoms with E-state index in [0.717, 1.165) is 29.5 Å². The maximum atomic E-state index is 13.4. The fourth-order valence-electron chi connectivity index (χ4n) is 3.81. The minimum absolute atomic E-state index is 0.183. The highest BCUT2D eigenvalue weighted by atomic mass is 32.2. The molecule has 29 heavy (non-hydrogen) atoms. The summed E-state index contributed by atoms with van der Waals surface area (Å²) in [4.78, 5) is 27.3. The van der Waals surface area contributed by atoms with Gasteiger partial charge >= 0.3 is 5.97 Å². The van der Waals surface area contributed by atoms with Crippen molar-refractivity contribution < 1.29 is 14.3 Å². The largest absolute Gasteiger partial charge is 0.448 e. The molecule has 0 radical (unpaired) electrons. The van der Waals surface area contributed by atoms with Crippen LogP contribution in [0.25, 0.3) is 0 Å². The molecule has 2 aliphatic rings. The molecule has 1 saturated heterocycles. The van der Waals surface area contributed by atoms with E-state index in [1.54, 1.807) is 16.7 Å². The summed E-state index contributed by atoms with van der Waals surface area (Å²) in [6.07, 6.45) is 1.11. The number of thioether (sulfide) groups is 1. The number of ether oxygens (including phenoxy) is 1. The Bertz CT molecular complexity index is 890. The zero-order valence-electron chi connectivity index (χ0n) is 16.3. The van der Waals surface area contributed by atoms with E-state index in [-0.39, 0.29) is 11.3 Å². The molecule has 2 N–H and O–H groups in total. The summed E-state index contributed by atoms with van der Waals surface area (Å²) in [7, 11) is 0. The molecular weight excluding hydrogens is 384 g/mol. The van der Waals surface area contributed by atoms with Gasteiger partial charge in [-0.3, -0.25) is 9.69 Å². The minimum Gasteiger partial charge on any atom is -0.448 e. The Labute approximate surface area is 174 Å². The van der Waals surface area contributed by atoms with Gasteiger partial charge in [0.05, 0.1) is 0 Å². The lowest BCUT2D eigenvalue weighted by Gasteiger charge is -2.48. The highest BCUT2D eigenvalue weighted by molar-refractivity contribution is 8.00. The van der Waals surface area contributed by atoms with Crippen LogP contribution in [0, 0.1) is 0 Å². The van der Waals surface area contributed by atoms with Gasteiger partial charge in [-0.25, -0.2) is 4.79 Å². The molecule has 150 valence electrons. The van der Waals surface area contributed by atoms with Crippen LogP contribution in [0.1, 0.15) is 37.0 Å². The number of benzene rings is 2. The second-order valence-corrected chi connectivity index (χ2v) is 8.35. The summed E-state index contributed by atoms with van der Waals surface area (Å²) in [5.74, 6) is 0.0253. The molecule has 1 fully saturated rings. The first-order valence-corrected chi connectivity index (χ1v) is 10.9. The van der Waals surface area contributed by atoms with Crippen molar-refractivity contribution in [2.45, 2.75) is 37.3 Å². The molecule has 2 aromatic rings. The lowest BCUT2D eigenvalue weighted by atomic mass is 10.00. The van der Waals surface area contributed by atoms with Crippen molar-refractivity contribution in [2.24, 2.45) is 5.73 Å². The molecule has 1 amide bonds. The van der Waals surface area contributed by atoms with Crippen LogP contribution in [0.2, 0.25) is 0 Å². The van der Waals surface area contributed by atoms with Gasteiger partial charge in [-0.15, -0.1) is 11.8 Å². The summed E-state index contributed by atoms with van der Waals surface area (Å²) < 4.78 is 6.03. The molecule has 6 heteroatoms. The quantitative estimate of drug-likeness (QED) is 0.584. The van der Waals surface area contributed by atoms with Crippen molar-refractivity contribution in [3.63, 3.8) is 0 Å². The van der Waals surface area contributed by atoms with Crippen LogP contribution in [0.4, 0.5) is 0 Å². The predicted molar refractivity (Wildman–Crippen MR) is 114 cm³/mol. The van der Waals surface area contributed by atoms with Crippen molar-refractivity contribution >= 4 is 23.6 Å². The van der Waals surface area contributed by atoms with E-state index in [0.29, 0.717) is 11.4 Å². The van der Waals surface area contributed by atoms with E-state index in [1.165, 1.54) is 0 Å². The van der Waals surface area contributed by atoms with E-state index >= 15 is 0 Å². The number of hydrogen-bond donors (Lipinski definition) is 1. The Balaban J connectivity index is 1.68. The third kappa shape index (κ3) is 3.70. The molecule has 0 saturated carbocycles. The van der Waals surface area contributed by atoms with Crippen LogP contribution in [0.3, 0.4) is 0 Å². The van der Waals surface area contributed by atoms with E-state index in [2.05, 4.69) is 6.92 Å². The third-order valence-electron chi connectivity index (χ3n) is 5.26. The fraction of sp³-hybridized carbons (Fsp3) is 0.304. The molecule has 0 spiro atoms. The molecule has 2 heterocycles. The number of β-lactam (4-membered cyclic amide) rings is 1. The lowest BCUT2D eigenvalue weighted by Crippen LogP contribution is -2.68. The second-order valence-electron chi connectivity index (χ2n) is 7.24. The van der Waals surface area contributed by atoms with Crippen molar-refractivity contribution in [3.8, 4) is 0 Å². The number of esters is 1. The summed E-state index contributed by atoms with van der Waals surface area (Å²) >= 11 is 1.62. The number of amides is 1. The fourth-order valence-corrected chi connectivity index (χ4v) is 5.14. The van der Waals surface area contributed by atoms with E-state index in [1.807, 2.05) is 60.7 Å². The van der Waals surface area contributed by atoms with Crippen molar-refractivity contribution in [1.82, 2.24) is 4.90 Å². The monoisotopic (exact) mass is 408 g/mol. The lowest BCUT2D eigenvalue weighted by molar-refractivity contribution is -0.153. The van der Waals surface area contributed by atoms with E-state index < -0.39 is 18.1 Å². The average Bonchev–Trinajstić information content (AvgIpc) is 2.77. The van der Waals surface area contributed by atoms with Crippen molar-refractivity contribution in [2.75, 3.05) is 5.75 Å². The zero-order chi connectivity index (χ0) is 20.4. The first-order chi connectivity index (χ1) is 14.1. The number of rotatable bonds is 6. The number of carbonyl (C=O) groups excluding carboxylic acids is 2. The molecular formula is C23H24N2O3S. The van der Waals surface area contributed by atoms with Crippen LogP contribution in [0.15, 0.2) is 71.9 Å². The summed E-state index contributed by atoms with van der Waals surface area (Å²) in [5.41, 5.74) is 9.07. The van der Waals surface area contributed by atoms with Gasteiger partial charge in [-0.05, 0) is 23.1 Å². The maximum Gasteiger partial charge on any atom is 0.356 e. The first kappa shape index (κ1) is 19.7. The van der Waals surface area contributed by atoms with E-state index in [9.17, 15) is 9.59 Å². The number of carbonyl (C=O) groups is 2. The number of nitrogens with two attached hydrogens (primary N) is 1. The van der Waals surface area contributed by atoms with Gasteiger partial charge in [-0.2, -0.15) is 0 Å². The maximum absolute atomic E-state index is 13.4. The predicted octanol–water partition coefficient (Wildman–Crippen LogP) is 3.62. The van der Waals surface area contributed by atoms with Crippen molar-refractivity contribution in [1.29, 1.82) is 0 Å². The van der Waals surface area contributed by atoms with Crippen LogP contribution in [-0.2, 0) is 14.3 Å². The molecule has 2 atom stereocenters. The Morgan fingerprint density at radius 2 is 1.72 bits per heavy atom. The van der Waals surface area contributed by atoms with Gasteiger partial charge in [0.2, 0.25) is 5.91 Å². The highest BCUT2D eigenvalue weighted by Crippen LogP contribution is 2.41. The summed E-state index contributed by atoms with van der Waals surface area (Å²) in [6, 6.07) is 18.8. The summed E-state index contributed by atoms with van der Waals surface area (Å²) in [6.45, 7) is 2.06. The third-order valence-corrected chi connectivity index (χ3v) is 6.62. The van der Waals surface area contributed by atoms with Crippen LogP contribution < -0.4 is 5.73 Å². The average molecular weight is 409 g/mol. The van der Waals surface area contributed by atoms with E-state index in [4.69, 9.17) is 10.5 Å². The van der Waals surface area contributed by atoms with Gasteiger partial charge < -0.3 is 10.5 Å². The summed E-state index contributed by atoms with van der Waals surface area (Å²) in [5, 5.41) is -0.183. The van der Waals surface area contributed by atoms with Gasteiger partial charge in [0, 0.05) is 5.75 Å². The molecule has 2 aliphatic heterocycles. The molecule has 2 unspecified atom stereocenters. The zero-order valence-corrected chi connectivity index (χ0v) is 17.1. The Morgan fingerprint density at radius 3 is 2.28 bits per heavy atom. The smallest absolute Gasteiger partial charge is 0.356 e. The molecule has 2 aromatic carbocycles. The molecule has 0 aromatic heterocycles. The van der Waals surface area contributed by atoms with Crippen molar-refractivity contribution in [3.05, 3.63) is 83.1 Å². The highest BCUT2D eigenvalue weighted by Gasteiger charge is 2.52. The Morgan fingerprint density at radius 1 is 1.14 bits per heavy atom. The first-order valence-electron chi connectivity index (χ1n) is 9.85. The SMILES string of the molecule is CCCC1=C(C(=O)OC(c2ccccc2)c2ccccc2)N2C(=O)C(N)C2SC1. The van der Waals surface area contributed by atoms with Gasteiger partial charge in [0.15, 0.2) is 6.10 Å². The normalized spacial score (nSPS) is 21.1. The molecule has 5 nitrogen and oxygen atoms in total. The molecule has 4 rings (SSSR count). The van der Waals surface area contributed by atoms with Crippen LogP contribution in [0.5, 0.6) is 0 Å². The number of nitrogens with zero attached hydrogens (tertiary/aromatic N) is 1. The number of fused-ring (bicyclic) bond motifs is 1. The molecule has 0 bridgehead atoms. The Hall–Kier alpha value is -2.57. The van der Waals surface area contributed by atoms with Crippen LogP contribution in [-0.4, -0.2) is 33.9 Å². The second kappa shape index (κ2) is 8.43. The van der Waals surface area contributed by atoms with Gasteiger partial charge in [0.25, 0.3) is 0 Å². The minimum atomic E-state index is -0.551. The number of hydrogen-bond acceptors (Lipinski definition) is 5. The van der Waals surface area contributed by atoms with Crippen LogP contribution >= 0.6 is 11.8 Å². The standard InChI is InChI=1S/C23H24N2O3S/c1-2-9-17-14-29-22-18(24)21(26)25(22)19(17)23(27)28-20(15-10-5-3-6-11-15)16-12-7-4-8-13-16/h3-8,10-13,18,20,22H,2,9,14,24H2,1H3.